The Morgan fingerprint density at radius 1 is 1.29 bits per heavy atom. The Balaban J connectivity index is 1.37. The molecule has 2 N–H and O–H groups in total. The van der Waals surface area contributed by atoms with Crippen molar-refractivity contribution in [1.29, 1.82) is 0 Å². The maximum absolute atomic E-state index is 12.7. The number of nitrogen functional groups attached to an aromatic ring is 1. The second kappa shape index (κ2) is 7.13. The number of hydrogen-bond donors (Lipinski definition) is 1. The highest BCUT2D eigenvalue weighted by atomic mass is 32.1. The van der Waals surface area contributed by atoms with Crippen LogP contribution in [0.25, 0.3) is 10.6 Å². The Bertz CT molecular complexity index is 883. The molecule has 3 aliphatic heterocycles. The largest absolute Gasteiger partial charge is 0.384 e. The van der Waals surface area contributed by atoms with Crippen LogP contribution < -0.4 is 5.73 Å². The molecule has 0 radical (unpaired) electrons. The Morgan fingerprint density at radius 2 is 2.14 bits per heavy atom. The van der Waals surface area contributed by atoms with Gasteiger partial charge in [0.1, 0.15) is 5.82 Å². The van der Waals surface area contributed by atoms with Crippen molar-refractivity contribution in [2.75, 3.05) is 38.6 Å². The Kier molecular flexibility index (Phi) is 4.61. The Morgan fingerprint density at radius 3 is 2.89 bits per heavy atom. The minimum atomic E-state index is -0.272. The number of thiophene rings is 1. The van der Waals surface area contributed by atoms with Gasteiger partial charge in [-0.05, 0) is 43.0 Å². The molecule has 6 nitrogen and oxygen atoms in total. The van der Waals surface area contributed by atoms with Gasteiger partial charge in [0.05, 0.1) is 35.3 Å². The van der Waals surface area contributed by atoms with Crippen LogP contribution in [0.15, 0.2) is 24.3 Å². The summed E-state index contributed by atoms with van der Waals surface area (Å²) in [6.45, 7) is 3.51. The molecule has 2 fully saturated rings. The zero-order valence-corrected chi connectivity index (χ0v) is 16.7. The maximum Gasteiger partial charge on any atom is 0.228 e. The van der Waals surface area contributed by atoms with Crippen LogP contribution in [-0.2, 0) is 26.3 Å². The van der Waals surface area contributed by atoms with Gasteiger partial charge in [0.2, 0.25) is 5.91 Å². The molecule has 5 rings (SSSR count). The quantitative estimate of drug-likeness (QED) is 0.840. The summed E-state index contributed by atoms with van der Waals surface area (Å²) in [7, 11) is 0. The van der Waals surface area contributed by atoms with E-state index in [0.29, 0.717) is 19.0 Å². The minimum absolute atomic E-state index is 0.0410. The summed E-state index contributed by atoms with van der Waals surface area (Å²) in [5.41, 5.74) is 7.81. The molecule has 0 aliphatic carbocycles. The Hall–Kier alpha value is -1.96. The van der Waals surface area contributed by atoms with Crippen molar-refractivity contribution >= 4 is 23.1 Å². The van der Waals surface area contributed by atoms with Crippen LogP contribution in [0.3, 0.4) is 0 Å². The lowest BCUT2D eigenvalue weighted by Gasteiger charge is -2.44. The number of ether oxygens (including phenoxy) is 2. The van der Waals surface area contributed by atoms with E-state index in [1.807, 2.05) is 23.1 Å². The summed E-state index contributed by atoms with van der Waals surface area (Å²) in [6, 6.07) is 8.00. The van der Waals surface area contributed by atoms with Crippen molar-refractivity contribution in [2.24, 2.45) is 5.92 Å². The topological polar surface area (TPSA) is 77.7 Å². The first-order valence-corrected chi connectivity index (χ1v) is 10.8. The number of amides is 1. The predicted molar refractivity (Wildman–Crippen MR) is 108 cm³/mol. The zero-order valence-electron chi connectivity index (χ0n) is 15.9. The third-order valence-corrected chi connectivity index (χ3v) is 7.41. The van der Waals surface area contributed by atoms with E-state index < -0.39 is 0 Å². The summed E-state index contributed by atoms with van der Waals surface area (Å²) >= 11 is 1.80. The number of aromatic nitrogens is 1. The van der Waals surface area contributed by atoms with Crippen molar-refractivity contribution < 1.29 is 14.3 Å². The number of piperidine rings is 1. The molecule has 2 aromatic heterocycles. The molecule has 7 heteroatoms. The maximum atomic E-state index is 12.7. The standard InChI is InChI=1S/C21H25N3O3S/c22-19-3-1-2-16(23-19)18-12-15-17(28-18)5-11-27-21(15)6-8-24(9-7-21)20(25)14-4-10-26-13-14/h1-3,12,14H,4-11,13H2,(H2,22,23). The molecule has 28 heavy (non-hydrogen) atoms. The molecule has 2 aromatic rings. The Labute approximate surface area is 168 Å². The van der Waals surface area contributed by atoms with Gasteiger partial charge in [-0.3, -0.25) is 4.79 Å². The van der Waals surface area contributed by atoms with Gasteiger partial charge in [0.15, 0.2) is 0 Å². The molecule has 0 aromatic carbocycles. The predicted octanol–water partition coefficient (Wildman–Crippen LogP) is 2.82. The van der Waals surface area contributed by atoms with Crippen molar-refractivity contribution in [3.63, 3.8) is 0 Å². The first-order chi connectivity index (χ1) is 13.6. The normalized spacial score (nSPS) is 23.7. The van der Waals surface area contributed by atoms with Crippen molar-refractivity contribution in [3.05, 3.63) is 34.7 Å². The second-order valence-corrected chi connectivity index (χ2v) is 9.01. The molecule has 0 saturated carbocycles. The van der Waals surface area contributed by atoms with Gasteiger partial charge in [-0.15, -0.1) is 11.3 Å². The van der Waals surface area contributed by atoms with Gasteiger partial charge in [-0.2, -0.15) is 0 Å². The lowest BCUT2D eigenvalue weighted by Crippen LogP contribution is -2.49. The van der Waals surface area contributed by atoms with Gasteiger partial charge in [0, 0.05) is 31.0 Å². The number of anilines is 1. The summed E-state index contributed by atoms with van der Waals surface area (Å²) in [5.74, 6) is 0.829. The number of hydrogen-bond acceptors (Lipinski definition) is 6. The van der Waals surface area contributed by atoms with E-state index in [1.165, 1.54) is 10.4 Å². The van der Waals surface area contributed by atoms with Crippen LogP contribution in [0, 0.1) is 5.92 Å². The van der Waals surface area contributed by atoms with E-state index in [0.717, 1.165) is 56.0 Å². The molecular weight excluding hydrogens is 374 g/mol. The summed E-state index contributed by atoms with van der Waals surface area (Å²) in [5, 5.41) is 0. The molecule has 2 saturated heterocycles. The van der Waals surface area contributed by atoms with Crippen molar-refractivity contribution in [3.8, 4) is 10.6 Å². The van der Waals surface area contributed by atoms with E-state index in [9.17, 15) is 4.79 Å². The van der Waals surface area contributed by atoms with Crippen LogP contribution in [0.4, 0.5) is 5.82 Å². The fraction of sp³-hybridized carbons (Fsp3) is 0.524. The van der Waals surface area contributed by atoms with Crippen LogP contribution in [0.5, 0.6) is 0 Å². The van der Waals surface area contributed by atoms with Crippen molar-refractivity contribution in [1.82, 2.24) is 9.88 Å². The number of likely N-dealkylation sites (tertiary alicyclic amines) is 1. The van der Waals surface area contributed by atoms with Gasteiger partial charge < -0.3 is 20.1 Å². The van der Waals surface area contributed by atoms with Crippen LogP contribution in [-0.4, -0.2) is 48.7 Å². The fourth-order valence-electron chi connectivity index (χ4n) is 4.62. The van der Waals surface area contributed by atoms with E-state index in [-0.39, 0.29) is 17.4 Å². The number of nitrogens with zero attached hydrogens (tertiary/aromatic N) is 2. The number of fused-ring (bicyclic) bond motifs is 2. The third kappa shape index (κ3) is 3.11. The average molecular weight is 400 g/mol. The molecule has 3 aliphatic rings. The molecule has 1 amide bonds. The van der Waals surface area contributed by atoms with Crippen LogP contribution in [0.2, 0.25) is 0 Å². The molecule has 5 heterocycles. The highest BCUT2D eigenvalue weighted by Crippen LogP contribution is 2.46. The third-order valence-electron chi connectivity index (χ3n) is 6.19. The summed E-state index contributed by atoms with van der Waals surface area (Å²) in [6.07, 6.45) is 3.48. The monoisotopic (exact) mass is 399 g/mol. The summed E-state index contributed by atoms with van der Waals surface area (Å²) < 4.78 is 11.8. The first kappa shape index (κ1) is 18.1. The molecular formula is C21H25N3O3S. The molecule has 1 spiro atoms. The van der Waals surface area contributed by atoms with Crippen molar-refractivity contribution in [2.45, 2.75) is 31.3 Å². The number of pyridine rings is 1. The SMILES string of the molecule is Nc1cccc(-c2cc3c(s2)CCOC32CCN(C(=O)C3CCOC3)CC2)n1. The summed E-state index contributed by atoms with van der Waals surface area (Å²) in [4.78, 5) is 21.7. The number of nitrogens with two attached hydrogens (primary N) is 1. The molecule has 148 valence electrons. The first-order valence-electron chi connectivity index (χ1n) is 10.0. The van der Waals surface area contributed by atoms with E-state index >= 15 is 0 Å². The zero-order chi connectivity index (χ0) is 19.1. The smallest absolute Gasteiger partial charge is 0.228 e. The number of rotatable bonds is 2. The minimum Gasteiger partial charge on any atom is -0.384 e. The molecule has 0 bridgehead atoms. The van der Waals surface area contributed by atoms with E-state index in [2.05, 4.69) is 11.1 Å². The van der Waals surface area contributed by atoms with E-state index in [1.54, 1.807) is 11.3 Å². The molecule has 1 atom stereocenters. The lowest BCUT2D eigenvalue weighted by molar-refractivity contribution is -0.144. The number of carbonyl (C=O) groups excluding carboxylic acids is 1. The van der Waals surface area contributed by atoms with Gasteiger partial charge in [-0.25, -0.2) is 4.98 Å². The van der Waals surface area contributed by atoms with Crippen LogP contribution in [0.1, 0.15) is 29.7 Å². The lowest BCUT2D eigenvalue weighted by atomic mass is 9.82. The van der Waals surface area contributed by atoms with E-state index in [4.69, 9.17) is 15.2 Å². The fourth-order valence-corrected chi connectivity index (χ4v) is 5.82. The second-order valence-electron chi connectivity index (χ2n) is 7.87. The number of carbonyl (C=O) groups is 1. The van der Waals surface area contributed by atoms with Gasteiger partial charge in [-0.1, -0.05) is 6.07 Å². The van der Waals surface area contributed by atoms with Crippen LogP contribution >= 0.6 is 11.3 Å². The molecule has 1 unspecified atom stereocenters. The van der Waals surface area contributed by atoms with Gasteiger partial charge >= 0.3 is 0 Å². The highest BCUT2D eigenvalue weighted by Gasteiger charge is 2.43. The highest BCUT2D eigenvalue weighted by molar-refractivity contribution is 7.15. The average Bonchev–Trinajstić information content (AvgIpc) is 3.39. The van der Waals surface area contributed by atoms with Gasteiger partial charge in [0.25, 0.3) is 0 Å².